The van der Waals surface area contributed by atoms with Crippen molar-refractivity contribution in [2.45, 2.75) is 31.4 Å². The van der Waals surface area contributed by atoms with E-state index in [2.05, 4.69) is 10.3 Å². The Morgan fingerprint density at radius 2 is 2.23 bits per heavy atom. The SMILES string of the molecule is O=C(NC1CC(C(=O)O)C1)c1ccnc(OC2CCOC2)c1. The number of nitrogens with one attached hydrogen (secondary N) is 1. The molecule has 7 heteroatoms. The fraction of sp³-hybridized carbons (Fsp3) is 0.533. The third-order valence-electron chi connectivity index (χ3n) is 3.99. The van der Waals surface area contributed by atoms with Crippen LogP contribution in [0.1, 0.15) is 29.6 Å². The molecule has 118 valence electrons. The molecular weight excluding hydrogens is 288 g/mol. The van der Waals surface area contributed by atoms with E-state index in [0.717, 1.165) is 6.42 Å². The lowest BCUT2D eigenvalue weighted by atomic mass is 9.80. The first-order chi connectivity index (χ1) is 10.6. The van der Waals surface area contributed by atoms with Gasteiger partial charge in [-0.05, 0) is 18.9 Å². The van der Waals surface area contributed by atoms with E-state index in [1.807, 2.05) is 0 Å². The maximum atomic E-state index is 12.1. The van der Waals surface area contributed by atoms with E-state index in [4.69, 9.17) is 14.6 Å². The van der Waals surface area contributed by atoms with Crippen molar-refractivity contribution < 1.29 is 24.2 Å². The number of hydrogen-bond acceptors (Lipinski definition) is 5. The Balaban J connectivity index is 1.55. The van der Waals surface area contributed by atoms with Crippen molar-refractivity contribution in [2.24, 2.45) is 5.92 Å². The van der Waals surface area contributed by atoms with Gasteiger partial charge in [0.1, 0.15) is 6.10 Å². The summed E-state index contributed by atoms with van der Waals surface area (Å²) < 4.78 is 10.9. The van der Waals surface area contributed by atoms with E-state index in [-0.39, 0.29) is 24.0 Å². The lowest BCUT2D eigenvalue weighted by Crippen LogP contribution is -2.46. The van der Waals surface area contributed by atoms with Gasteiger partial charge in [-0.25, -0.2) is 4.98 Å². The number of ether oxygens (including phenoxy) is 2. The molecule has 2 heterocycles. The van der Waals surface area contributed by atoms with Crippen LogP contribution in [0.3, 0.4) is 0 Å². The van der Waals surface area contributed by atoms with E-state index in [1.54, 1.807) is 12.1 Å². The molecule has 2 aliphatic rings. The Bertz CT molecular complexity index is 565. The van der Waals surface area contributed by atoms with Gasteiger partial charge in [-0.2, -0.15) is 0 Å². The molecule has 3 rings (SSSR count). The molecule has 1 saturated heterocycles. The van der Waals surface area contributed by atoms with Crippen molar-refractivity contribution in [2.75, 3.05) is 13.2 Å². The molecule has 0 spiro atoms. The second kappa shape index (κ2) is 6.31. The molecule has 7 nitrogen and oxygen atoms in total. The molecule has 1 aliphatic carbocycles. The van der Waals surface area contributed by atoms with Crippen molar-refractivity contribution >= 4 is 11.9 Å². The van der Waals surface area contributed by atoms with E-state index in [1.165, 1.54) is 6.20 Å². The van der Waals surface area contributed by atoms with E-state index < -0.39 is 5.97 Å². The third-order valence-corrected chi connectivity index (χ3v) is 3.99. The van der Waals surface area contributed by atoms with Crippen molar-refractivity contribution in [1.29, 1.82) is 0 Å². The minimum atomic E-state index is -0.802. The van der Waals surface area contributed by atoms with Gasteiger partial charge in [-0.1, -0.05) is 0 Å². The number of carboxylic acid groups (broad SMARTS) is 1. The zero-order chi connectivity index (χ0) is 15.5. The quantitative estimate of drug-likeness (QED) is 0.836. The maximum Gasteiger partial charge on any atom is 0.306 e. The average molecular weight is 306 g/mol. The number of carbonyl (C=O) groups excluding carboxylic acids is 1. The summed E-state index contributed by atoms with van der Waals surface area (Å²) in [4.78, 5) is 27.0. The molecule has 0 radical (unpaired) electrons. The van der Waals surface area contributed by atoms with Crippen LogP contribution >= 0.6 is 0 Å². The van der Waals surface area contributed by atoms with Gasteiger partial charge in [0, 0.05) is 30.3 Å². The normalized spacial score (nSPS) is 27.0. The number of pyridine rings is 1. The monoisotopic (exact) mass is 306 g/mol. The molecule has 1 saturated carbocycles. The number of aliphatic carboxylic acids is 1. The van der Waals surface area contributed by atoms with E-state index >= 15 is 0 Å². The molecule has 1 aromatic rings. The predicted octanol–water partition coefficient (Wildman–Crippen LogP) is 0.842. The summed E-state index contributed by atoms with van der Waals surface area (Å²) in [7, 11) is 0. The molecule has 0 bridgehead atoms. The number of nitrogens with zero attached hydrogens (tertiary/aromatic N) is 1. The molecule has 22 heavy (non-hydrogen) atoms. The van der Waals surface area contributed by atoms with Crippen LogP contribution in [0, 0.1) is 5.92 Å². The van der Waals surface area contributed by atoms with Gasteiger partial charge in [0.05, 0.1) is 19.1 Å². The topological polar surface area (TPSA) is 97.8 Å². The fourth-order valence-electron chi connectivity index (χ4n) is 2.60. The number of rotatable bonds is 5. The van der Waals surface area contributed by atoms with Gasteiger partial charge in [0.15, 0.2) is 0 Å². The largest absolute Gasteiger partial charge is 0.481 e. The number of carboxylic acids is 1. The molecule has 0 aromatic carbocycles. The van der Waals surface area contributed by atoms with Gasteiger partial charge in [-0.15, -0.1) is 0 Å². The highest BCUT2D eigenvalue weighted by atomic mass is 16.5. The van der Waals surface area contributed by atoms with Crippen molar-refractivity contribution in [3.63, 3.8) is 0 Å². The van der Waals surface area contributed by atoms with Gasteiger partial charge < -0.3 is 19.9 Å². The Morgan fingerprint density at radius 1 is 1.41 bits per heavy atom. The summed E-state index contributed by atoms with van der Waals surface area (Å²) in [5, 5.41) is 11.7. The first-order valence-electron chi connectivity index (χ1n) is 7.36. The van der Waals surface area contributed by atoms with Crippen LogP contribution in [-0.2, 0) is 9.53 Å². The summed E-state index contributed by atoms with van der Waals surface area (Å²) in [6, 6.07) is 3.14. The third kappa shape index (κ3) is 3.36. The van der Waals surface area contributed by atoms with Crippen LogP contribution in [0.5, 0.6) is 5.88 Å². The zero-order valence-corrected chi connectivity index (χ0v) is 12.0. The Hall–Kier alpha value is -2.15. The number of carbonyl (C=O) groups is 2. The van der Waals surface area contributed by atoms with Gasteiger partial charge in [0.2, 0.25) is 5.88 Å². The van der Waals surface area contributed by atoms with Crippen LogP contribution in [-0.4, -0.2) is 47.3 Å². The van der Waals surface area contributed by atoms with Gasteiger partial charge >= 0.3 is 5.97 Å². The van der Waals surface area contributed by atoms with Crippen LogP contribution in [0.4, 0.5) is 0 Å². The molecule has 1 atom stereocenters. The number of hydrogen-bond donors (Lipinski definition) is 2. The smallest absolute Gasteiger partial charge is 0.306 e. The summed E-state index contributed by atoms with van der Waals surface area (Å²) in [6.07, 6.45) is 3.29. The molecule has 2 fully saturated rings. The lowest BCUT2D eigenvalue weighted by Gasteiger charge is -2.32. The standard InChI is InChI=1S/C15H18N2O5/c18-14(17-11-5-10(6-11)15(19)20)9-1-3-16-13(7-9)22-12-2-4-21-8-12/h1,3,7,10-12H,2,4-6,8H2,(H,17,18)(H,19,20). The second-order valence-corrected chi connectivity index (χ2v) is 5.66. The van der Waals surface area contributed by atoms with Crippen molar-refractivity contribution in [3.8, 4) is 5.88 Å². The Kier molecular flexibility index (Phi) is 4.24. The van der Waals surface area contributed by atoms with Gasteiger partial charge in [-0.3, -0.25) is 9.59 Å². The molecule has 2 N–H and O–H groups in total. The van der Waals surface area contributed by atoms with Crippen LogP contribution < -0.4 is 10.1 Å². The first-order valence-corrected chi connectivity index (χ1v) is 7.36. The Morgan fingerprint density at radius 3 is 2.91 bits per heavy atom. The average Bonchev–Trinajstić information content (AvgIpc) is 2.95. The zero-order valence-electron chi connectivity index (χ0n) is 12.0. The highest BCUT2D eigenvalue weighted by Crippen LogP contribution is 2.27. The Labute approximate surface area is 127 Å². The molecule has 1 unspecified atom stereocenters. The molecule has 1 aromatic heterocycles. The van der Waals surface area contributed by atoms with E-state index in [0.29, 0.717) is 37.5 Å². The minimum absolute atomic E-state index is 0.0197. The lowest BCUT2D eigenvalue weighted by molar-refractivity contribution is -0.145. The van der Waals surface area contributed by atoms with Gasteiger partial charge in [0.25, 0.3) is 5.91 Å². The molecular formula is C15H18N2O5. The molecule has 1 aliphatic heterocycles. The maximum absolute atomic E-state index is 12.1. The highest BCUT2D eigenvalue weighted by molar-refractivity contribution is 5.94. The van der Waals surface area contributed by atoms with Crippen molar-refractivity contribution in [1.82, 2.24) is 10.3 Å². The van der Waals surface area contributed by atoms with Crippen LogP contribution in [0.2, 0.25) is 0 Å². The van der Waals surface area contributed by atoms with Crippen LogP contribution in [0.25, 0.3) is 0 Å². The number of amides is 1. The fourth-order valence-corrected chi connectivity index (χ4v) is 2.60. The highest BCUT2D eigenvalue weighted by Gasteiger charge is 2.35. The minimum Gasteiger partial charge on any atom is -0.481 e. The van der Waals surface area contributed by atoms with Crippen molar-refractivity contribution in [3.05, 3.63) is 23.9 Å². The van der Waals surface area contributed by atoms with E-state index in [9.17, 15) is 9.59 Å². The summed E-state index contributed by atoms with van der Waals surface area (Å²) >= 11 is 0. The second-order valence-electron chi connectivity index (χ2n) is 5.66. The predicted molar refractivity (Wildman–Crippen MR) is 75.7 cm³/mol. The summed E-state index contributed by atoms with van der Waals surface area (Å²) in [5.74, 6) is -0.975. The summed E-state index contributed by atoms with van der Waals surface area (Å²) in [5.41, 5.74) is 0.461. The van der Waals surface area contributed by atoms with Crippen LogP contribution in [0.15, 0.2) is 18.3 Å². The molecule has 1 amide bonds. The number of aromatic nitrogens is 1. The summed E-state index contributed by atoms with van der Waals surface area (Å²) in [6.45, 7) is 1.22. The first kappa shape index (κ1) is 14.8.